The van der Waals surface area contributed by atoms with Crippen LogP contribution in [0.25, 0.3) is 0 Å². The maximum absolute atomic E-state index is 13.6. The van der Waals surface area contributed by atoms with E-state index >= 15 is 0 Å². The molecule has 1 atom stereocenters. The first kappa shape index (κ1) is 15.6. The zero-order valence-corrected chi connectivity index (χ0v) is 11.4. The molecule has 18 heavy (non-hydrogen) atoms. The Balaban J connectivity index is 2.30. The molecule has 0 aliphatic heterocycles. The summed E-state index contributed by atoms with van der Waals surface area (Å²) in [6.45, 7) is 2.05. The molecule has 106 valence electrons. The van der Waals surface area contributed by atoms with Gasteiger partial charge in [-0.05, 0) is 25.2 Å². The van der Waals surface area contributed by atoms with E-state index in [2.05, 4.69) is 6.92 Å². The lowest BCUT2D eigenvalue weighted by atomic mass is 10.0. The highest BCUT2D eigenvalue weighted by molar-refractivity contribution is 4.99. The SMILES string of the molecule is CCCCCCC(F)(F)C(O)/C=C/C1CCCC1. The molecule has 1 unspecified atom stereocenters. The molecule has 1 aliphatic rings. The minimum atomic E-state index is -2.97. The van der Waals surface area contributed by atoms with E-state index in [-0.39, 0.29) is 6.42 Å². The van der Waals surface area contributed by atoms with Crippen LogP contribution in [0.5, 0.6) is 0 Å². The molecule has 0 aromatic carbocycles. The third kappa shape index (κ3) is 5.47. The Hall–Kier alpha value is -0.440. The van der Waals surface area contributed by atoms with E-state index in [0.717, 1.165) is 32.1 Å². The summed E-state index contributed by atoms with van der Waals surface area (Å²) in [5, 5.41) is 9.56. The Morgan fingerprint density at radius 2 is 1.89 bits per heavy atom. The van der Waals surface area contributed by atoms with Gasteiger partial charge in [-0.3, -0.25) is 0 Å². The lowest BCUT2D eigenvalue weighted by Gasteiger charge is -2.20. The summed E-state index contributed by atoms with van der Waals surface area (Å²) in [6.07, 6.45) is 9.14. The van der Waals surface area contributed by atoms with Crippen molar-refractivity contribution in [2.75, 3.05) is 0 Å². The molecule has 0 bridgehead atoms. The number of aliphatic hydroxyl groups excluding tert-OH is 1. The standard InChI is InChI=1S/C15H26F2O/c1-2-3-4-7-12-15(16,17)14(18)11-10-13-8-5-6-9-13/h10-11,13-14,18H,2-9,12H2,1H3/b11-10+. The Kier molecular flexibility index (Phi) is 6.83. The second-order valence-electron chi connectivity index (χ2n) is 5.45. The van der Waals surface area contributed by atoms with Crippen LogP contribution in [0.4, 0.5) is 8.78 Å². The van der Waals surface area contributed by atoms with Crippen LogP contribution in [0.3, 0.4) is 0 Å². The molecular weight excluding hydrogens is 234 g/mol. The summed E-state index contributed by atoms with van der Waals surface area (Å²) in [7, 11) is 0. The Morgan fingerprint density at radius 3 is 2.50 bits per heavy atom. The average molecular weight is 260 g/mol. The van der Waals surface area contributed by atoms with E-state index in [0.29, 0.717) is 12.3 Å². The highest BCUT2D eigenvalue weighted by atomic mass is 19.3. The van der Waals surface area contributed by atoms with E-state index in [9.17, 15) is 13.9 Å². The number of allylic oxidation sites excluding steroid dienone is 1. The third-order valence-corrected chi connectivity index (χ3v) is 3.76. The number of hydrogen-bond acceptors (Lipinski definition) is 1. The van der Waals surface area contributed by atoms with Gasteiger partial charge in [-0.1, -0.05) is 51.2 Å². The van der Waals surface area contributed by atoms with Crippen molar-refractivity contribution in [3.8, 4) is 0 Å². The average Bonchev–Trinajstić information content (AvgIpc) is 2.84. The number of aliphatic hydroxyl groups is 1. The maximum atomic E-state index is 13.6. The predicted octanol–water partition coefficient (Wildman–Crippen LogP) is 4.70. The molecule has 1 nitrogen and oxygen atoms in total. The van der Waals surface area contributed by atoms with E-state index < -0.39 is 12.0 Å². The van der Waals surface area contributed by atoms with Crippen LogP contribution in [0, 0.1) is 5.92 Å². The molecule has 0 aromatic rings. The van der Waals surface area contributed by atoms with Crippen LogP contribution in [-0.2, 0) is 0 Å². The fraction of sp³-hybridized carbons (Fsp3) is 0.867. The van der Waals surface area contributed by atoms with Crippen LogP contribution < -0.4 is 0 Å². The minimum absolute atomic E-state index is 0.205. The van der Waals surface area contributed by atoms with Crippen LogP contribution in [0.15, 0.2) is 12.2 Å². The molecule has 0 radical (unpaired) electrons. The van der Waals surface area contributed by atoms with Gasteiger partial charge in [0.2, 0.25) is 0 Å². The highest BCUT2D eigenvalue weighted by Gasteiger charge is 2.35. The second kappa shape index (κ2) is 7.88. The van der Waals surface area contributed by atoms with E-state index in [1.165, 1.54) is 18.9 Å². The fourth-order valence-electron chi connectivity index (χ4n) is 2.49. The first-order valence-corrected chi connectivity index (χ1v) is 7.30. The molecule has 0 amide bonds. The van der Waals surface area contributed by atoms with Crippen molar-refractivity contribution in [1.82, 2.24) is 0 Å². The smallest absolute Gasteiger partial charge is 0.276 e. The summed E-state index contributed by atoms with van der Waals surface area (Å²) in [4.78, 5) is 0. The second-order valence-corrected chi connectivity index (χ2v) is 5.45. The Bertz CT molecular complexity index is 245. The van der Waals surface area contributed by atoms with Gasteiger partial charge in [0.05, 0.1) is 0 Å². The molecule has 3 heteroatoms. The number of unbranched alkanes of at least 4 members (excludes halogenated alkanes) is 3. The van der Waals surface area contributed by atoms with Gasteiger partial charge in [-0.2, -0.15) is 0 Å². The zero-order valence-electron chi connectivity index (χ0n) is 11.4. The lowest BCUT2D eigenvalue weighted by molar-refractivity contribution is -0.0932. The number of hydrogen-bond donors (Lipinski definition) is 1. The van der Waals surface area contributed by atoms with Crippen LogP contribution in [-0.4, -0.2) is 17.1 Å². The van der Waals surface area contributed by atoms with Crippen molar-refractivity contribution in [2.45, 2.75) is 76.7 Å². The van der Waals surface area contributed by atoms with Crippen molar-refractivity contribution >= 4 is 0 Å². The molecule has 0 saturated heterocycles. The molecule has 0 heterocycles. The van der Waals surface area contributed by atoms with Gasteiger partial charge < -0.3 is 5.11 Å². The highest BCUT2D eigenvalue weighted by Crippen LogP contribution is 2.29. The van der Waals surface area contributed by atoms with Gasteiger partial charge >= 0.3 is 0 Å². The van der Waals surface area contributed by atoms with Crippen molar-refractivity contribution in [2.24, 2.45) is 5.92 Å². The number of halogens is 2. The minimum Gasteiger partial charge on any atom is -0.383 e. The maximum Gasteiger partial charge on any atom is 0.276 e. The zero-order chi connectivity index (χ0) is 13.4. The van der Waals surface area contributed by atoms with Gasteiger partial charge in [0.15, 0.2) is 0 Å². The van der Waals surface area contributed by atoms with E-state index in [4.69, 9.17) is 0 Å². The van der Waals surface area contributed by atoms with E-state index in [1.807, 2.05) is 0 Å². The molecule has 1 saturated carbocycles. The van der Waals surface area contributed by atoms with Gasteiger partial charge in [-0.25, -0.2) is 8.78 Å². The largest absolute Gasteiger partial charge is 0.383 e. The summed E-state index contributed by atoms with van der Waals surface area (Å²) >= 11 is 0. The van der Waals surface area contributed by atoms with Crippen LogP contribution >= 0.6 is 0 Å². The Morgan fingerprint density at radius 1 is 1.22 bits per heavy atom. The van der Waals surface area contributed by atoms with Gasteiger partial charge in [0.1, 0.15) is 6.10 Å². The molecule has 1 aliphatic carbocycles. The van der Waals surface area contributed by atoms with Crippen molar-refractivity contribution < 1.29 is 13.9 Å². The molecule has 1 N–H and O–H groups in total. The number of alkyl halides is 2. The predicted molar refractivity (Wildman–Crippen MR) is 70.8 cm³/mol. The third-order valence-electron chi connectivity index (χ3n) is 3.76. The summed E-state index contributed by atoms with van der Waals surface area (Å²) in [5.41, 5.74) is 0. The van der Waals surface area contributed by atoms with E-state index in [1.54, 1.807) is 6.08 Å². The summed E-state index contributed by atoms with van der Waals surface area (Å²) in [6, 6.07) is 0. The van der Waals surface area contributed by atoms with Crippen molar-refractivity contribution in [1.29, 1.82) is 0 Å². The molecule has 0 spiro atoms. The first-order chi connectivity index (χ1) is 8.56. The molecule has 1 rings (SSSR count). The lowest BCUT2D eigenvalue weighted by Crippen LogP contribution is -2.31. The topological polar surface area (TPSA) is 20.2 Å². The summed E-state index contributed by atoms with van der Waals surface area (Å²) < 4.78 is 27.2. The van der Waals surface area contributed by atoms with Crippen LogP contribution in [0.2, 0.25) is 0 Å². The number of rotatable bonds is 8. The monoisotopic (exact) mass is 260 g/mol. The normalized spacial score (nSPS) is 19.8. The van der Waals surface area contributed by atoms with Crippen molar-refractivity contribution in [3.63, 3.8) is 0 Å². The molecular formula is C15H26F2O. The van der Waals surface area contributed by atoms with Gasteiger partial charge in [-0.15, -0.1) is 0 Å². The first-order valence-electron chi connectivity index (χ1n) is 7.30. The van der Waals surface area contributed by atoms with Crippen LogP contribution in [0.1, 0.15) is 64.7 Å². The summed E-state index contributed by atoms with van der Waals surface area (Å²) in [5.74, 6) is -2.57. The van der Waals surface area contributed by atoms with Gasteiger partial charge in [0.25, 0.3) is 5.92 Å². The van der Waals surface area contributed by atoms with Crippen molar-refractivity contribution in [3.05, 3.63) is 12.2 Å². The van der Waals surface area contributed by atoms with Gasteiger partial charge in [0, 0.05) is 6.42 Å². The molecule has 1 fully saturated rings. The quantitative estimate of drug-likeness (QED) is 0.495. The molecule has 0 aromatic heterocycles. The fourth-order valence-corrected chi connectivity index (χ4v) is 2.49. The Labute approximate surface area is 109 Å².